The minimum atomic E-state index is -0.501. The van der Waals surface area contributed by atoms with Crippen molar-refractivity contribution in [3.63, 3.8) is 0 Å². The molecule has 1 rings (SSSR count). The van der Waals surface area contributed by atoms with Crippen molar-refractivity contribution in [3.8, 4) is 0 Å². The molecule has 0 amide bonds. The van der Waals surface area contributed by atoms with Crippen molar-refractivity contribution >= 4 is 0 Å². The molecule has 0 aliphatic heterocycles. The highest BCUT2D eigenvalue weighted by molar-refractivity contribution is 4.84. The highest BCUT2D eigenvalue weighted by Gasteiger charge is 2.01. The molecule has 0 unspecified atom stereocenters. The number of hydrogen-bond acceptors (Lipinski definition) is 4. The number of nitrogens with zero attached hydrogens (tertiary/aromatic N) is 2. The fourth-order valence-corrected chi connectivity index (χ4v) is 1.26. The maximum absolute atomic E-state index is 11.5. The Morgan fingerprint density at radius 3 is 2.69 bits per heavy atom. The van der Waals surface area contributed by atoms with E-state index in [0.29, 0.717) is 19.7 Å². The van der Waals surface area contributed by atoms with E-state index in [1.807, 2.05) is 0 Å². The van der Waals surface area contributed by atoms with Crippen molar-refractivity contribution in [3.05, 3.63) is 33.1 Å². The van der Waals surface area contributed by atoms with E-state index in [0.717, 1.165) is 6.54 Å². The molecule has 1 heterocycles. The fourth-order valence-electron chi connectivity index (χ4n) is 1.26. The van der Waals surface area contributed by atoms with Gasteiger partial charge in [0.05, 0.1) is 6.61 Å². The molecule has 1 aromatic heterocycles. The average Bonchev–Trinajstić information content (AvgIpc) is 2.28. The third kappa shape index (κ3) is 3.32. The normalized spacial score (nSPS) is 10.6. The van der Waals surface area contributed by atoms with E-state index < -0.39 is 11.1 Å². The van der Waals surface area contributed by atoms with Crippen LogP contribution in [0.5, 0.6) is 0 Å². The van der Waals surface area contributed by atoms with Crippen LogP contribution in [0.1, 0.15) is 0 Å². The quantitative estimate of drug-likeness (QED) is 0.489. The van der Waals surface area contributed by atoms with Crippen molar-refractivity contribution < 1.29 is 4.74 Å². The molecule has 6 heteroatoms. The van der Waals surface area contributed by atoms with Crippen LogP contribution in [0.4, 0.5) is 0 Å². The molecule has 0 radical (unpaired) electrons. The number of hydrogen-bond donors (Lipinski definition) is 1. The van der Waals surface area contributed by atoms with Gasteiger partial charge in [-0.1, -0.05) is 0 Å². The molecule has 0 spiro atoms. The van der Waals surface area contributed by atoms with Crippen LogP contribution in [0.15, 0.2) is 22.0 Å². The fraction of sp³-hybridized carbons (Fsp3) is 0.600. The first kappa shape index (κ1) is 12.7. The monoisotopic (exact) mass is 227 g/mol. The summed E-state index contributed by atoms with van der Waals surface area (Å²) in [7, 11) is 3.19. The second kappa shape index (κ2) is 6.24. The van der Waals surface area contributed by atoms with Crippen LogP contribution >= 0.6 is 0 Å². The van der Waals surface area contributed by atoms with Gasteiger partial charge in [0.1, 0.15) is 0 Å². The molecular weight excluding hydrogens is 210 g/mol. The maximum atomic E-state index is 11.5. The van der Waals surface area contributed by atoms with Gasteiger partial charge in [0.2, 0.25) is 0 Å². The molecule has 90 valence electrons. The lowest BCUT2D eigenvalue weighted by Gasteiger charge is -2.07. The average molecular weight is 227 g/mol. The molecule has 0 aliphatic rings. The Morgan fingerprint density at radius 1 is 1.25 bits per heavy atom. The van der Waals surface area contributed by atoms with E-state index >= 15 is 0 Å². The molecule has 0 saturated heterocycles. The number of aryl methyl sites for hydroxylation is 1. The maximum Gasteiger partial charge on any atom is 0.316 e. The first-order chi connectivity index (χ1) is 7.66. The van der Waals surface area contributed by atoms with E-state index in [9.17, 15) is 9.59 Å². The van der Waals surface area contributed by atoms with Gasteiger partial charge in [-0.05, 0) is 0 Å². The molecular formula is C10H17N3O3. The second-order valence-corrected chi connectivity index (χ2v) is 3.46. The largest absolute Gasteiger partial charge is 0.383 e. The molecule has 0 saturated carbocycles. The molecule has 1 N–H and O–H groups in total. The summed E-state index contributed by atoms with van der Waals surface area (Å²) in [4.78, 5) is 22.8. The summed E-state index contributed by atoms with van der Waals surface area (Å²) in [5.41, 5.74) is -0.988. The number of methoxy groups -OCH3 is 1. The Bertz CT molecular complexity index is 436. The third-order valence-corrected chi connectivity index (χ3v) is 2.25. The van der Waals surface area contributed by atoms with E-state index in [2.05, 4.69) is 5.32 Å². The minimum absolute atomic E-state index is 0.485. The summed E-state index contributed by atoms with van der Waals surface area (Å²) in [5.74, 6) is 0. The van der Waals surface area contributed by atoms with E-state index in [4.69, 9.17) is 4.74 Å². The van der Waals surface area contributed by atoms with E-state index in [1.165, 1.54) is 9.13 Å². The first-order valence-electron chi connectivity index (χ1n) is 5.12. The molecule has 0 aliphatic carbocycles. The summed E-state index contributed by atoms with van der Waals surface area (Å²) in [6.45, 7) is 2.48. The zero-order valence-electron chi connectivity index (χ0n) is 9.60. The van der Waals surface area contributed by atoms with Gasteiger partial charge in [-0.2, -0.15) is 0 Å². The van der Waals surface area contributed by atoms with Crippen LogP contribution in [0.3, 0.4) is 0 Å². The van der Waals surface area contributed by atoms with Crippen LogP contribution in [0, 0.1) is 0 Å². The molecule has 0 aromatic carbocycles. The number of rotatable bonds is 6. The van der Waals surface area contributed by atoms with Crippen LogP contribution in [0.2, 0.25) is 0 Å². The number of aromatic nitrogens is 2. The zero-order valence-corrected chi connectivity index (χ0v) is 9.60. The molecule has 16 heavy (non-hydrogen) atoms. The highest BCUT2D eigenvalue weighted by Crippen LogP contribution is 1.77. The van der Waals surface area contributed by atoms with Crippen LogP contribution < -0.4 is 16.4 Å². The standard InChI is InChI=1S/C10H17N3O3/c1-12-6-7-13(10(15)9(12)14)5-3-11-4-8-16-2/h6-7,11H,3-5,8H2,1-2H3. The summed E-state index contributed by atoms with van der Waals surface area (Å²) in [5, 5.41) is 3.10. The third-order valence-electron chi connectivity index (χ3n) is 2.25. The zero-order chi connectivity index (χ0) is 12.0. The smallest absolute Gasteiger partial charge is 0.316 e. The Morgan fingerprint density at radius 2 is 2.00 bits per heavy atom. The van der Waals surface area contributed by atoms with Crippen molar-refractivity contribution in [1.82, 2.24) is 14.5 Å². The lowest BCUT2D eigenvalue weighted by atomic mass is 10.5. The Balaban J connectivity index is 2.52. The summed E-state index contributed by atoms with van der Waals surface area (Å²) in [6, 6.07) is 0. The van der Waals surface area contributed by atoms with Gasteiger partial charge in [-0.25, -0.2) is 0 Å². The summed E-state index contributed by atoms with van der Waals surface area (Å²) in [6.07, 6.45) is 3.20. The minimum Gasteiger partial charge on any atom is -0.383 e. The molecule has 0 atom stereocenters. The van der Waals surface area contributed by atoms with Gasteiger partial charge in [-0.3, -0.25) is 9.59 Å². The Kier molecular flexibility index (Phi) is 4.94. The first-order valence-corrected chi connectivity index (χ1v) is 5.12. The van der Waals surface area contributed by atoms with Crippen LogP contribution in [-0.2, 0) is 18.3 Å². The van der Waals surface area contributed by atoms with Crippen molar-refractivity contribution in [2.45, 2.75) is 6.54 Å². The number of nitrogens with one attached hydrogen (secondary N) is 1. The van der Waals surface area contributed by atoms with Gasteiger partial charge >= 0.3 is 11.1 Å². The van der Waals surface area contributed by atoms with Gasteiger partial charge in [0.25, 0.3) is 0 Å². The molecule has 1 aromatic rings. The van der Waals surface area contributed by atoms with Crippen LogP contribution in [0.25, 0.3) is 0 Å². The second-order valence-electron chi connectivity index (χ2n) is 3.46. The van der Waals surface area contributed by atoms with E-state index in [-0.39, 0.29) is 0 Å². The van der Waals surface area contributed by atoms with Crippen molar-refractivity contribution in [2.24, 2.45) is 7.05 Å². The van der Waals surface area contributed by atoms with Crippen molar-refractivity contribution in [1.29, 1.82) is 0 Å². The predicted octanol–water partition coefficient (Wildman–Crippen LogP) is -1.22. The van der Waals surface area contributed by atoms with Gasteiger partial charge in [0.15, 0.2) is 0 Å². The lowest BCUT2D eigenvalue weighted by molar-refractivity contribution is 0.199. The van der Waals surface area contributed by atoms with Gasteiger partial charge < -0.3 is 19.2 Å². The molecule has 0 fully saturated rings. The lowest BCUT2D eigenvalue weighted by Crippen LogP contribution is -2.41. The summed E-state index contributed by atoms with van der Waals surface area (Å²) < 4.78 is 7.55. The molecule has 0 bridgehead atoms. The topological polar surface area (TPSA) is 65.3 Å². The molecule has 6 nitrogen and oxygen atoms in total. The summed E-state index contributed by atoms with van der Waals surface area (Å²) >= 11 is 0. The van der Waals surface area contributed by atoms with Gasteiger partial charge in [0, 0.05) is 46.2 Å². The Hall–Kier alpha value is -1.40. The van der Waals surface area contributed by atoms with E-state index in [1.54, 1.807) is 26.6 Å². The Labute approximate surface area is 93.5 Å². The SMILES string of the molecule is COCCNCCn1ccn(C)c(=O)c1=O. The predicted molar refractivity (Wildman–Crippen MR) is 60.7 cm³/mol. The van der Waals surface area contributed by atoms with Crippen molar-refractivity contribution in [2.75, 3.05) is 26.8 Å². The van der Waals surface area contributed by atoms with Crippen LogP contribution in [-0.4, -0.2) is 35.9 Å². The van der Waals surface area contributed by atoms with Gasteiger partial charge in [-0.15, -0.1) is 0 Å². The highest BCUT2D eigenvalue weighted by atomic mass is 16.5. The number of ether oxygens (including phenoxy) is 1.